The quantitative estimate of drug-likeness (QED) is 0.899. The Balaban J connectivity index is 1.61. The van der Waals surface area contributed by atoms with E-state index < -0.39 is 10.0 Å². The van der Waals surface area contributed by atoms with Gasteiger partial charge in [-0.15, -0.1) is 0 Å². The van der Waals surface area contributed by atoms with Gasteiger partial charge in [-0.2, -0.15) is 4.31 Å². The highest BCUT2D eigenvalue weighted by Gasteiger charge is 2.29. The van der Waals surface area contributed by atoms with Crippen molar-refractivity contribution in [1.29, 1.82) is 0 Å². The van der Waals surface area contributed by atoms with Crippen LogP contribution in [0.5, 0.6) is 0 Å². The van der Waals surface area contributed by atoms with E-state index in [0.717, 1.165) is 12.1 Å². The summed E-state index contributed by atoms with van der Waals surface area (Å²) in [5.74, 6) is 0.638. The smallest absolute Gasteiger partial charge is 0.317 e. The lowest BCUT2D eigenvalue weighted by molar-refractivity contribution is 0.200. The zero-order valence-corrected chi connectivity index (χ0v) is 14.9. The second kappa shape index (κ2) is 7.11. The molecule has 1 aromatic rings. The van der Waals surface area contributed by atoms with Crippen molar-refractivity contribution in [3.8, 4) is 0 Å². The number of carbonyl (C=O) groups excluding carboxylic acids is 1. The van der Waals surface area contributed by atoms with Gasteiger partial charge in [0.1, 0.15) is 0 Å². The molecular formula is C17H25N3O3S. The van der Waals surface area contributed by atoms with Crippen LogP contribution < -0.4 is 5.32 Å². The highest BCUT2D eigenvalue weighted by atomic mass is 32.2. The third kappa shape index (κ3) is 4.08. The van der Waals surface area contributed by atoms with Gasteiger partial charge in [0.05, 0.1) is 4.90 Å². The molecule has 1 aromatic carbocycles. The highest BCUT2D eigenvalue weighted by Crippen LogP contribution is 2.27. The second-order valence-electron chi connectivity index (χ2n) is 6.69. The Bertz CT molecular complexity index is 684. The van der Waals surface area contributed by atoms with Crippen LogP contribution in [0, 0.1) is 12.8 Å². The number of hydrogen-bond acceptors (Lipinski definition) is 3. The van der Waals surface area contributed by atoms with Crippen LogP contribution in [0.3, 0.4) is 0 Å². The number of urea groups is 1. The monoisotopic (exact) mass is 351 g/mol. The summed E-state index contributed by atoms with van der Waals surface area (Å²) >= 11 is 0. The maximum Gasteiger partial charge on any atom is 0.317 e. The molecule has 0 aromatic heterocycles. The topological polar surface area (TPSA) is 69.7 Å². The first-order chi connectivity index (χ1) is 11.5. The number of sulfonamides is 1. The molecule has 0 bridgehead atoms. The summed E-state index contributed by atoms with van der Waals surface area (Å²) in [4.78, 5) is 14.2. The van der Waals surface area contributed by atoms with Crippen molar-refractivity contribution in [2.24, 2.45) is 5.92 Å². The van der Waals surface area contributed by atoms with Gasteiger partial charge in [0.15, 0.2) is 0 Å². The van der Waals surface area contributed by atoms with Crippen molar-refractivity contribution >= 4 is 16.1 Å². The van der Waals surface area contributed by atoms with Crippen LogP contribution in [-0.2, 0) is 10.0 Å². The predicted octanol–water partition coefficient (Wildman–Crippen LogP) is 1.81. The maximum absolute atomic E-state index is 12.8. The number of rotatable bonds is 4. The largest absolute Gasteiger partial charge is 0.338 e. The molecule has 0 radical (unpaired) electrons. The molecule has 1 aliphatic heterocycles. The molecule has 2 amide bonds. The summed E-state index contributed by atoms with van der Waals surface area (Å²) in [5, 5.41) is 2.95. The molecule has 132 valence electrons. The number of benzene rings is 1. The van der Waals surface area contributed by atoms with E-state index in [1.165, 1.54) is 17.1 Å². The normalized spacial score (nSPS) is 19.8. The minimum Gasteiger partial charge on any atom is -0.338 e. The lowest BCUT2D eigenvalue weighted by Crippen LogP contribution is -2.43. The van der Waals surface area contributed by atoms with Gasteiger partial charge >= 0.3 is 6.03 Å². The third-order valence-corrected chi connectivity index (χ3v) is 6.55. The fourth-order valence-corrected chi connectivity index (χ4v) is 4.33. The Hall–Kier alpha value is -1.60. The third-order valence-electron chi connectivity index (χ3n) is 4.64. The van der Waals surface area contributed by atoms with Crippen LogP contribution in [0.4, 0.5) is 4.79 Å². The Kier molecular flexibility index (Phi) is 5.10. The van der Waals surface area contributed by atoms with Gasteiger partial charge < -0.3 is 10.2 Å². The fraction of sp³-hybridized carbons (Fsp3) is 0.588. The number of nitrogens with zero attached hydrogens (tertiary/aromatic N) is 2. The van der Waals surface area contributed by atoms with Crippen LogP contribution in [0.1, 0.15) is 24.8 Å². The molecule has 1 N–H and O–H groups in total. The van der Waals surface area contributed by atoms with Gasteiger partial charge in [0, 0.05) is 32.7 Å². The standard InChI is InChI=1S/C17H25N3O3S/c1-14-3-7-16(8-4-14)24(22,23)20-10-2-9-19(11-12-20)17(21)18-13-15-5-6-15/h3-4,7-8,15H,2,5-6,9-13H2,1H3,(H,18,21). The van der Waals surface area contributed by atoms with Gasteiger partial charge in [-0.25, -0.2) is 13.2 Å². The van der Waals surface area contributed by atoms with Crippen molar-refractivity contribution < 1.29 is 13.2 Å². The lowest BCUT2D eigenvalue weighted by atomic mass is 10.2. The summed E-state index contributed by atoms with van der Waals surface area (Å²) in [7, 11) is -3.49. The highest BCUT2D eigenvalue weighted by molar-refractivity contribution is 7.89. The van der Waals surface area contributed by atoms with Gasteiger partial charge in [0.25, 0.3) is 0 Å². The molecule has 0 unspecified atom stereocenters. The van der Waals surface area contributed by atoms with E-state index in [4.69, 9.17) is 0 Å². The Morgan fingerprint density at radius 2 is 1.83 bits per heavy atom. The maximum atomic E-state index is 12.8. The Morgan fingerprint density at radius 1 is 1.12 bits per heavy atom. The van der Waals surface area contributed by atoms with E-state index in [1.54, 1.807) is 17.0 Å². The predicted molar refractivity (Wildman–Crippen MR) is 92.3 cm³/mol. The molecule has 1 aliphatic carbocycles. The first-order valence-electron chi connectivity index (χ1n) is 8.56. The van der Waals surface area contributed by atoms with E-state index in [9.17, 15) is 13.2 Å². The van der Waals surface area contributed by atoms with Crippen LogP contribution in [0.15, 0.2) is 29.2 Å². The summed E-state index contributed by atoms with van der Waals surface area (Å²) in [6.07, 6.45) is 3.05. The minimum absolute atomic E-state index is 0.0727. The van der Waals surface area contributed by atoms with Crippen LogP contribution in [0.25, 0.3) is 0 Å². The first-order valence-corrected chi connectivity index (χ1v) is 10.0. The van der Waals surface area contributed by atoms with Crippen molar-refractivity contribution in [3.05, 3.63) is 29.8 Å². The molecule has 24 heavy (non-hydrogen) atoms. The van der Waals surface area contributed by atoms with Gasteiger partial charge in [-0.05, 0) is 44.2 Å². The second-order valence-corrected chi connectivity index (χ2v) is 8.63. The molecular weight excluding hydrogens is 326 g/mol. The van der Waals surface area contributed by atoms with Crippen molar-refractivity contribution in [2.75, 3.05) is 32.7 Å². The van der Waals surface area contributed by atoms with Crippen LogP contribution in [-0.4, -0.2) is 56.4 Å². The molecule has 1 saturated heterocycles. The minimum atomic E-state index is -3.49. The number of aryl methyl sites for hydroxylation is 1. The summed E-state index contributed by atoms with van der Waals surface area (Å²) in [5.41, 5.74) is 1.03. The SMILES string of the molecule is Cc1ccc(S(=O)(=O)N2CCCN(C(=O)NCC3CC3)CC2)cc1. The average molecular weight is 351 g/mol. The molecule has 2 aliphatic rings. The number of carbonyl (C=O) groups is 1. The molecule has 0 spiro atoms. The molecule has 1 heterocycles. The van der Waals surface area contributed by atoms with Crippen LogP contribution in [0.2, 0.25) is 0 Å². The Morgan fingerprint density at radius 3 is 2.50 bits per heavy atom. The molecule has 1 saturated carbocycles. The number of amides is 2. The van der Waals surface area contributed by atoms with Gasteiger partial charge in [0.2, 0.25) is 10.0 Å². The van der Waals surface area contributed by atoms with Crippen LogP contribution >= 0.6 is 0 Å². The molecule has 2 fully saturated rings. The molecule has 3 rings (SSSR count). The number of hydrogen-bond donors (Lipinski definition) is 1. The van der Waals surface area contributed by atoms with Crippen molar-refractivity contribution in [1.82, 2.24) is 14.5 Å². The van der Waals surface area contributed by atoms with E-state index in [2.05, 4.69) is 5.32 Å². The fourth-order valence-electron chi connectivity index (χ4n) is 2.86. The van der Waals surface area contributed by atoms with E-state index in [0.29, 0.717) is 43.4 Å². The summed E-state index contributed by atoms with van der Waals surface area (Å²) in [6.45, 7) is 4.48. The van der Waals surface area contributed by atoms with E-state index in [-0.39, 0.29) is 6.03 Å². The lowest BCUT2D eigenvalue weighted by Gasteiger charge is -2.22. The summed E-state index contributed by atoms with van der Waals surface area (Å²) in [6, 6.07) is 6.84. The zero-order chi connectivity index (χ0) is 17.2. The zero-order valence-electron chi connectivity index (χ0n) is 14.1. The summed E-state index contributed by atoms with van der Waals surface area (Å²) < 4.78 is 27.0. The Labute approximate surface area is 143 Å². The first kappa shape index (κ1) is 17.2. The molecule has 0 atom stereocenters. The molecule has 6 nitrogen and oxygen atoms in total. The average Bonchev–Trinajstić information content (AvgIpc) is 3.39. The van der Waals surface area contributed by atoms with Gasteiger partial charge in [-0.1, -0.05) is 17.7 Å². The van der Waals surface area contributed by atoms with Crippen molar-refractivity contribution in [2.45, 2.75) is 31.1 Å². The van der Waals surface area contributed by atoms with Crippen molar-refractivity contribution in [3.63, 3.8) is 0 Å². The molecule has 7 heteroatoms. The number of nitrogens with one attached hydrogen (secondary N) is 1. The van der Waals surface area contributed by atoms with E-state index >= 15 is 0 Å². The van der Waals surface area contributed by atoms with E-state index in [1.807, 2.05) is 19.1 Å². The van der Waals surface area contributed by atoms with Gasteiger partial charge in [-0.3, -0.25) is 0 Å².